The Morgan fingerprint density at radius 2 is 2.08 bits per heavy atom. The Hall–Kier alpha value is -1.97. The molecule has 1 N–H and O–H groups in total. The van der Waals surface area contributed by atoms with E-state index in [4.69, 9.17) is 9.26 Å². The zero-order valence-electron chi connectivity index (χ0n) is 15.2. The van der Waals surface area contributed by atoms with Gasteiger partial charge in [-0.05, 0) is 44.2 Å². The Morgan fingerprint density at radius 3 is 2.73 bits per heavy atom. The fourth-order valence-electron chi connectivity index (χ4n) is 3.18. The maximum atomic E-state index is 12.0. The van der Waals surface area contributed by atoms with E-state index < -0.39 is 10.0 Å². The topological polar surface area (TPSA) is 97.6 Å². The zero-order valence-corrected chi connectivity index (χ0v) is 16.0. The highest BCUT2D eigenvalue weighted by molar-refractivity contribution is 7.89. The SMILES string of the molecule is CCCS(=O)(=O)N[C@@H]1C[C@@H](c2nc(-c3ccc(OC)cc3)no2)N(C)C1. The summed E-state index contributed by atoms with van der Waals surface area (Å²) in [5, 5.41) is 4.06. The van der Waals surface area contributed by atoms with Crippen LogP contribution < -0.4 is 9.46 Å². The molecule has 2 heterocycles. The van der Waals surface area contributed by atoms with Gasteiger partial charge in [-0.1, -0.05) is 12.1 Å². The van der Waals surface area contributed by atoms with Gasteiger partial charge in [0.05, 0.1) is 18.9 Å². The van der Waals surface area contributed by atoms with Crippen molar-refractivity contribution < 1.29 is 17.7 Å². The number of hydrogen-bond acceptors (Lipinski definition) is 7. The second kappa shape index (κ2) is 7.73. The van der Waals surface area contributed by atoms with Gasteiger partial charge in [0.2, 0.25) is 21.7 Å². The van der Waals surface area contributed by atoms with Crippen molar-refractivity contribution >= 4 is 10.0 Å². The van der Waals surface area contributed by atoms with E-state index in [0.717, 1.165) is 11.3 Å². The third-order valence-corrected chi connectivity index (χ3v) is 6.08. The van der Waals surface area contributed by atoms with E-state index in [1.54, 1.807) is 7.11 Å². The van der Waals surface area contributed by atoms with Crippen molar-refractivity contribution in [3.8, 4) is 17.1 Å². The van der Waals surface area contributed by atoms with Crippen molar-refractivity contribution in [2.24, 2.45) is 0 Å². The van der Waals surface area contributed by atoms with Gasteiger partial charge < -0.3 is 9.26 Å². The van der Waals surface area contributed by atoms with Crippen LogP contribution in [-0.4, -0.2) is 56.0 Å². The van der Waals surface area contributed by atoms with Gasteiger partial charge in [-0.2, -0.15) is 4.98 Å². The molecule has 1 aromatic carbocycles. The number of likely N-dealkylation sites (N-methyl/N-ethyl adjacent to an activating group) is 1. The van der Waals surface area contributed by atoms with Gasteiger partial charge in [-0.25, -0.2) is 13.1 Å². The molecule has 0 radical (unpaired) electrons. The van der Waals surface area contributed by atoms with Gasteiger partial charge in [0.25, 0.3) is 0 Å². The predicted molar refractivity (Wildman–Crippen MR) is 97.3 cm³/mol. The van der Waals surface area contributed by atoms with E-state index in [1.165, 1.54) is 0 Å². The molecule has 0 bridgehead atoms. The molecular weight excluding hydrogens is 356 g/mol. The highest BCUT2D eigenvalue weighted by Gasteiger charge is 2.36. The molecule has 0 spiro atoms. The summed E-state index contributed by atoms with van der Waals surface area (Å²) < 4.78 is 37.3. The molecule has 0 aliphatic carbocycles. The number of sulfonamides is 1. The molecule has 9 heteroatoms. The van der Waals surface area contributed by atoms with Gasteiger partial charge in [0.1, 0.15) is 5.75 Å². The van der Waals surface area contributed by atoms with Crippen molar-refractivity contribution in [1.82, 2.24) is 19.8 Å². The van der Waals surface area contributed by atoms with Crippen LogP contribution in [0.15, 0.2) is 28.8 Å². The van der Waals surface area contributed by atoms with Crippen LogP contribution >= 0.6 is 0 Å². The number of nitrogens with one attached hydrogen (secondary N) is 1. The summed E-state index contributed by atoms with van der Waals surface area (Å²) in [6.45, 7) is 2.45. The maximum absolute atomic E-state index is 12.0. The van der Waals surface area contributed by atoms with Crippen LogP contribution in [0.2, 0.25) is 0 Å². The third-order valence-electron chi connectivity index (χ3n) is 4.44. The van der Waals surface area contributed by atoms with Crippen molar-refractivity contribution in [2.75, 3.05) is 26.5 Å². The fraction of sp³-hybridized carbons (Fsp3) is 0.529. The minimum absolute atomic E-state index is 0.108. The number of aromatic nitrogens is 2. The number of hydrogen-bond donors (Lipinski definition) is 1. The number of likely N-dealkylation sites (tertiary alicyclic amines) is 1. The number of benzene rings is 1. The molecule has 1 fully saturated rings. The largest absolute Gasteiger partial charge is 0.497 e. The van der Waals surface area contributed by atoms with Crippen LogP contribution in [0.5, 0.6) is 5.75 Å². The Balaban J connectivity index is 1.70. The molecule has 26 heavy (non-hydrogen) atoms. The molecule has 0 unspecified atom stereocenters. The summed E-state index contributed by atoms with van der Waals surface area (Å²) in [6, 6.07) is 7.15. The van der Waals surface area contributed by atoms with E-state index in [0.29, 0.717) is 31.1 Å². The average Bonchev–Trinajstić information content (AvgIpc) is 3.21. The Kier molecular flexibility index (Phi) is 5.59. The summed E-state index contributed by atoms with van der Waals surface area (Å²) in [7, 11) is 0.297. The second-order valence-corrected chi connectivity index (χ2v) is 8.38. The zero-order chi connectivity index (χ0) is 18.7. The Labute approximate surface area is 153 Å². The highest BCUT2D eigenvalue weighted by Crippen LogP contribution is 2.31. The van der Waals surface area contributed by atoms with E-state index in [1.807, 2.05) is 43.1 Å². The first-order valence-corrected chi connectivity index (χ1v) is 10.3. The lowest BCUT2D eigenvalue weighted by Crippen LogP contribution is -2.37. The van der Waals surface area contributed by atoms with Crippen molar-refractivity contribution in [1.29, 1.82) is 0 Å². The van der Waals surface area contributed by atoms with E-state index in [9.17, 15) is 8.42 Å². The minimum Gasteiger partial charge on any atom is -0.497 e. The third kappa shape index (κ3) is 4.22. The summed E-state index contributed by atoms with van der Waals surface area (Å²) >= 11 is 0. The van der Waals surface area contributed by atoms with Gasteiger partial charge in [0, 0.05) is 18.2 Å². The molecule has 1 saturated heterocycles. The van der Waals surface area contributed by atoms with Crippen LogP contribution in [0.25, 0.3) is 11.4 Å². The first kappa shape index (κ1) is 18.8. The lowest BCUT2D eigenvalue weighted by molar-refractivity contribution is 0.244. The Morgan fingerprint density at radius 1 is 1.35 bits per heavy atom. The summed E-state index contributed by atoms with van der Waals surface area (Å²) in [5.74, 6) is 1.90. The lowest BCUT2D eigenvalue weighted by atomic mass is 10.2. The molecule has 0 amide bonds. The van der Waals surface area contributed by atoms with E-state index in [-0.39, 0.29) is 17.8 Å². The lowest BCUT2D eigenvalue weighted by Gasteiger charge is -2.14. The van der Waals surface area contributed by atoms with Crippen molar-refractivity contribution in [2.45, 2.75) is 31.8 Å². The predicted octanol–water partition coefficient (Wildman–Crippen LogP) is 1.82. The second-order valence-electron chi connectivity index (χ2n) is 6.51. The molecule has 142 valence electrons. The molecule has 8 nitrogen and oxygen atoms in total. The van der Waals surface area contributed by atoms with Crippen LogP contribution in [0.1, 0.15) is 31.7 Å². The fourth-order valence-corrected chi connectivity index (χ4v) is 4.52. The summed E-state index contributed by atoms with van der Waals surface area (Å²) in [6.07, 6.45) is 1.19. The molecule has 3 rings (SSSR count). The van der Waals surface area contributed by atoms with E-state index in [2.05, 4.69) is 14.9 Å². The monoisotopic (exact) mass is 380 g/mol. The maximum Gasteiger partial charge on any atom is 0.244 e. The number of methoxy groups -OCH3 is 1. The number of rotatable bonds is 7. The average molecular weight is 380 g/mol. The first-order chi connectivity index (χ1) is 12.4. The normalized spacial score (nSPS) is 21.2. The molecule has 0 saturated carbocycles. The number of nitrogens with zero attached hydrogens (tertiary/aromatic N) is 3. The van der Waals surface area contributed by atoms with Crippen molar-refractivity contribution in [3.05, 3.63) is 30.2 Å². The molecule has 1 aromatic heterocycles. The van der Waals surface area contributed by atoms with Crippen LogP contribution in [0.4, 0.5) is 0 Å². The minimum atomic E-state index is -3.24. The summed E-state index contributed by atoms with van der Waals surface area (Å²) in [4.78, 5) is 6.53. The molecular formula is C17H24N4O4S. The van der Waals surface area contributed by atoms with Gasteiger partial charge in [-0.3, -0.25) is 4.90 Å². The van der Waals surface area contributed by atoms with Crippen LogP contribution in [0, 0.1) is 0 Å². The quantitative estimate of drug-likeness (QED) is 0.782. The number of ether oxygens (including phenoxy) is 1. The highest BCUT2D eigenvalue weighted by atomic mass is 32.2. The molecule has 2 atom stereocenters. The van der Waals surface area contributed by atoms with Crippen molar-refractivity contribution in [3.63, 3.8) is 0 Å². The van der Waals surface area contributed by atoms with Gasteiger partial charge in [-0.15, -0.1) is 0 Å². The van der Waals surface area contributed by atoms with E-state index >= 15 is 0 Å². The summed E-state index contributed by atoms with van der Waals surface area (Å²) in [5.41, 5.74) is 0.835. The van der Waals surface area contributed by atoms with Crippen LogP contribution in [-0.2, 0) is 10.0 Å². The smallest absolute Gasteiger partial charge is 0.244 e. The standard InChI is InChI=1S/C17H24N4O4S/c1-4-9-26(22,23)20-13-10-15(21(2)11-13)17-18-16(19-25-17)12-5-7-14(24-3)8-6-12/h5-8,13,15,20H,4,9-11H2,1-3H3/t13-,15+/m1/s1. The first-order valence-electron chi connectivity index (χ1n) is 8.60. The molecule has 2 aromatic rings. The van der Waals surface area contributed by atoms with Gasteiger partial charge in [0.15, 0.2) is 0 Å². The van der Waals surface area contributed by atoms with Gasteiger partial charge >= 0.3 is 0 Å². The molecule has 1 aliphatic heterocycles. The Bertz CT molecular complexity index is 835. The molecule has 1 aliphatic rings. The van der Waals surface area contributed by atoms with Crippen LogP contribution in [0.3, 0.4) is 0 Å².